The fourth-order valence-electron chi connectivity index (χ4n) is 3.78. The van der Waals surface area contributed by atoms with E-state index in [0.717, 1.165) is 22.3 Å². The Morgan fingerprint density at radius 2 is 1.21 bits per heavy atom. The van der Waals surface area contributed by atoms with Gasteiger partial charge in [-0.1, -0.05) is 65.8 Å². The van der Waals surface area contributed by atoms with Gasteiger partial charge in [-0.3, -0.25) is 9.98 Å². The van der Waals surface area contributed by atoms with E-state index in [9.17, 15) is 10.2 Å². The molecule has 0 bridgehead atoms. The third-order valence-corrected chi connectivity index (χ3v) is 5.85. The molecule has 3 aromatic rings. The molecule has 34 heavy (non-hydrogen) atoms. The second-order valence-corrected chi connectivity index (χ2v) is 11.0. The molecule has 4 heteroatoms. The van der Waals surface area contributed by atoms with Gasteiger partial charge in [-0.25, -0.2) is 0 Å². The molecule has 0 amide bonds. The summed E-state index contributed by atoms with van der Waals surface area (Å²) in [4.78, 5) is 9.30. The van der Waals surface area contributed by atoms with Crippen molar-refractivity contribution in [1.29, 1.82) is 0 Å². The van der Waals surface area contributed by atoms with Crippen molar-refractivity contribution in [2.75, 3.05) is 0 Å². The number of hydrogen-bond donors (Lipinski definition) is 2. The molecule has 0 saturated heterocycles. The van der Waals surface area contributed by atoms with E-state index in [1.54, 1.807) is 12.4 Å². The molecule has 0 saturated carbocycles. The van der Waals surface area contributed by atoms with Crippen LogP contribution in [0.25, 0.3) is 0 Å². The van der Waals surface area contributed by atoms with Gasteiger partial charge < -0.3 is 10.2 Å². The lowest BCUT2D eigenvalue weighted by atomic mass is 9.84. The Morgan fingerprint density at radius 3 is 1.71 bits per heavy atom. The molecule has 4 nitrogen and oxygen atoms in total. The summed E-state index contributed by atoms with van der Waals surface area (Å²) in [5.41, 5.74) is 6.42. The van der Waals surface area contributed by atoms with Crippen molar-refractivity contribution in [3.05, 3.63) is 81.9 Å². The lowest BCUT2D eigenvalue weighted by molar-refractivity contribution is 0.445. The van der Waals surface area contributed by atoms with E-state index < -0.39 is 0 Å². The molecule has 0 aliphatic heterocycles. The summed E-state index contributed by atoms with van der Waals surface area (Å²) in [6, 6.07) is 15.5. The molecule has 0 spiro atoms. The third-order valence-electron chi connectivity index (χ3n) is 5.85. The summed E-state index contributed by atoms with van der Waals surface area (Å²) in [5.74, 6) is 0.486. The maximum absolute atomic E-state index is 10.8. The fraction of sp³-hybridized carbons (Fsp3) is 0.333. The van der Waals surface area contributed by atoms with Gasteiger partial charge in [0.1, 0.15) is 11.5 Å². The van der Waals surface area contributed by atoms with Gasteiger partial charge in [-0.15, -0.1) is 0 Å². The van der Waals surface area contributed by atoms with Gasteiger partial charge in [-0.2, -0.15) is 0 Å². The van der Waals surface area contributed by atoms with Gasteiger partial charge in [0, 0.05) is 29.1 Å². The molecule has 0 fully saturated rings. The molecule has 0 aromatic heterocycles. The van der Waals surface area contributed by atoms with Crippen molar-refractivity contribution in [2.45, 2.75) is 66.2 Å². The molecular formula is C30H36N2O2. The minimum Gasteiger partial charge on any atom is -0.507 e. The van der Waals surface area contributed by atoms with Crippen molar-refractivity contribution >= 4 is 23.8 Å². The first-order valence-electron chi connectivity index (χ1n) is 11.6. The Labute approximate surface area is 203 Å². The number of para-hydroxylation sites is 2. The molecule has 0 unspecified atom stereocenters. The first-order chi connectivity index (χ1) is 15.8. The van der Waals surface area contributed by atoms with Gasteiger partial charge in [0.25, 0.3) is 0 Å². The first kappa shape index (κ1) is 25.2. The van der Waals surface area contributed by atoms with Crippen LogP contribution in [-0.2, 0) is 10.8 Å². The summed E-state index contributed by atoms with van der Waals surface area (Å²) >= 11 is 0. The summed E-state index contributed by atoms with van der Waals surface area (Å²) in [6.45, 7) is 16.6. The average molecular weight is 457 g/mol. The summed E-state index contributed by atoms with van der Waals surface area (Å²) in [6.07, 6.45) is 3.38. The molecule has 3 aromatic carbocycles. The normalized spacial score (nSPS) is 12.7. The predicted octanol–water partition coefficient (Wildman–Crippen LogP) is 7.81. The molecule has 0 aliphatic rings. The zero-order valence-corrected chi connectivity index (χ0v) is 21.6. The van der Waals surface area contributed by atoms with Gasteiger partial charge in [0.15, 0.2) is 0 Å². The Morgan fingerprint density at radius 1 is 0.676 bits per heavy atom. The van der Waals surface area contributed by atoms with E-state index in [4.69, 9.17) is 0 Å². The van der Waals surface area contributed by atoms with Gasteiger partial charge in [0.05, 0.1) is 11.4 Å². The highest BCUT2D eigenvalue weighted by atomic mass is 16.3. The van der Waals surface area contributed by atoms with E-state index in [2.05, 4.69) is 51.5 Å². The Kier molecular flexibility index (Phi) is 7.02. The van der Waals surface area contributed by atoms with E-state index in [-0.39, 0.29) is 22.3 Å². The van der Waals surface area contributed by atoms with Crippen LogP contribution in [0.15, 0.2) is 58.5 Å². The van der Waals surface area contributed by atoms with Crippen molar-refractivity contribution in [1.82, 2.24) is 0 Å². The van der Waals surface area contributed by atoms with Crippen molar-refractivity contribution in [2.24, 2.45) is 9.98 Å². The first-order valence-corrected chi connectivity index (χ1v) is 11.6. The highest BCUT2D eigenvalue weighted by Gasteiger charge is 2.20. The van der Waals surface area contributed by atoms with E-state index >= 15 is 0 Å². The molecular weight excluding hydrogens is 420 g/mol. The summed E-state index contributed by atoms with van der Waals surface area (Å²) < 4.78 is 0. The smallest absolute Gasteiger partial charge is 0.128 e. The standard InChI is InChI=1S/C30H36N2O2/c1-19-13-21(28(34)24(14-19)30(6,7)8)17-31-25-11-9-10-12-26(25)32-18-22-16-23(29(3,4)5)15-20(2)27(22)33/h9-18,33-34H,1-8H3. The Hall–Kier alpha value is -3.40. The number of aliphatic imine (C=N–C) groups is 2. The van der Waals surface area contributed by atoms with Crippen LogP contribution in [0.2, 0.25) is 0 Å². The molecule has 178 valence electrons. The molecule has 0 aliphatic carbocycles. The minimum absolute atomic E-state index is 0.0367. The molecule has 0 heterocycles. The zero-order chi connectivity index (χ0) is 25.3. The van der Waals surface area contributed by atoms with Crippen LogP contribution in [0, 0.1) is 13.8 Å². The van der Waals surface area contributed by atoms with E-state index in [1.165, 1.54) is 0 Å². The van der Waals surface area contributed by atoms with Crippen molar-refractivity contribution in [3.63, 3.8) is 0 Å². The molecule has 0 atom stereocenters. The minimum atomic E-state index is -0.178. The fourth-order valence-corrected chi connectivity index (χ4v) is 3.78. The number of hydrogen-bond acceptors (Lipinski definition) is 4. The lowest BCUT2D eigenvalue weighted by Gasteiger charge is -2.22. The van der Waals surface area contributed by atoms with E-state index in [0.29, 0.717) is 22.5 Å². The monoisotopic (exact) mass is 456 g/mol. The van der Waals surface area contributed by atoms with Crippen LogP contribution < -0.4 is 0 Å². The van der Waals surface area contributed by atoms with Crippen LogP contribution in [-0.4, -0.2) is 22.6 Å². The highest BCUT2D eigenvalue weighted by Crippen LogP contribution is 2.35. The SMILES string of the molecule is Cc1cc(C=Nc2ccccc2N=Cc2cc(C(C)(C)C)cc(C)c2O)c(O)c(C(C)(C)C)c1. The van der Waals surface area contributed by atoms with Gasteiger partial charge in [-0.05, 0) is 65.6 Å². The van der Waals surface area contributed by atoms with Gasteiger partial charge in [0.2, 0.25) is 0 Å². The number of phenols is 2. The number of rotatable bonds is 4. The van der Waals surface area contributed by atoms with Crippen LogP contribution in [0.1, 0.15) is 74.9 Å². The number of phenolic OH excluding ortho intramolecular Hbond substituents is 2. The topological polar surface area (TPSA) is 65.2 Å². The summed E-state index contributed by atoms with van der Waals surface area (Å²) in [7, 11) is 0. The maximum Gasteiger partial charge on any atom is 0.128 e. The van der Waals surface area contributed by atoms with Crippen molar-refractivity contribution < 1.29 is 10.2 Å². The third kappa shape index (κ3) is 5.74. The number of aromatic hydroxyl groups is 2. The van der Waals surface area contributed by atoms with E-state index in [1.807, 2.05) is 62.4 Å². The number of benzene rings is 3. The Balaban J connectivity index is 1.99. The molecule has 0 radical (unpaired) electrons. The van der Waals surface area contributed by atoms with Gasteiger partial charge >= 0.3 is 0 Å². The number of nitrogens with zero attached hydrogens (tertiary/aromatic N) is 2. The summed E-state index contributed by atoms with van der Waals surface area (Å²) in [5, 5.41) is 21.4. The van der Waals surface area contributed by atoms with Crippen LogP contribution in [0.4, 0.5) is 11.4 Å². The number of aryl methyl sites for hydroxylation is 2. The van der Waals surface area contributed by atoms with Crippen LogP contribution in [0.5, 0.6) is 11.5 Å². The molecule has 3 rings (SSSR count). The highest BCUT2D eigenvalue weighted by molar-refractivity contribution is 5.90. The zero-order valence-electron chi connectivity index (χ0n) is 21.6. The van der Waals surface area contributed by atoms with Crippen molar-refractivity contribution in [3.8, 4) is 11.5 Å². The lowest BCUT2D eigenvalue weighted by Crippen LogP contribution is -2.12. The average Bonchev–Trinajstić information content (AvgIpc) is 2.74. The van der Waals surface area contributed by atoms with Crippen LogP contribution >= 0.6 is 0 Å². The second-order valence-electron chi connectivity index (χ2n) is 11.0. The Bertz CT molecular complexity index is 1230. The predicted molar refractivity (Wildman–Crippen MR) is 144 cm³/mol. The van der Waals surface area contributed by atoms with Crippen LogP contribution in [0.3, 0.4) is 0 Å². The second kappa shape index (κ2) is 9.46. The quantitative estimate of drug-likeness (QED) is 0.393. The molecule has 2 N–H and O–H groups in total. The maximum atomic E-state index is 10.8. The largest absolute Gasteiger partial charge is 0.507 e.